The molecule has 0 spiro atoms. The van der Waals surface area contributed by atoms with Crippen LogP contribution < -0.4 is 4.90 Å². The van der Waals surface area contributed by atoms with E-state index in [1.165, 1.54) is 4.90 Å². The van der Waals surface area contributed by atoms with Crippen molar-refractivity contribution < 1.29 is 14.8 Å². The van der Waals surface area contributed by atoms with E-state index in [4.69, 9.17) is 0 Å². The van der Waals surface area contributed by atoms with Crippen LogP contribution in [0.3, 0.4) is 0 Å². The Bertz CT molecular complexity index is 615. The van der Waals surface area contributed by atoms with E-state index in [1.807, 2.05) is 36.4 Å². The van der Waals surface area contributed by atoms with Crippen LogP contribution in [0.15, 0.2) is 60.7 Å². The van der Waals surface area contributed by atoms with Gasteiger partial charge in [-0.2, -0.15) is 0 Å². The van der Waals surface area contributed by atoms with E-state index < -0.39 is 5.60 Å². The number of hydrogen-bond donors (Lipinski definition) is 2. The molecular formula is C21H29N2O2+. The van der Waals surface area contributed by atoms with Crippen molar-refractivity contribution >= 4 is 5.91 Å². The molecule has 4 heteroatoms. The number of rotatable bonds is 8. The zero-order chi connectivity index (χ0) is 18.3. The monoisotopic (exact) mass is 341 g/mol. The second kappa shape index (κ2) is 8.79. The topological polar surface area (TPSA) is 45.0 Å². The Hall–Kier alpha value is -2.17. The normalized spacial score (nSPS) is 11.6. The first kappa shape index (κ1) is 19.2. The quantitative estimate of drug-likeness (QED) is 0.760. The van der Waals surface area contributed by atoms with Gasteiger partial charge in [-0.3, -0.25) is 4.79 Å². The van der Waals surface area contributed by atoms with Crippen molar-refractivity contribution in [2.45, 2.75) is 19.4 Å². The van der Waals surface area contributed by atoms with Crippen LogP contribution in [0.2, 0.25) is 0 Å². The third kappa shape index (κ3) is 4.27. The molecule has 1 amide bonds. The lowest BCUT2D eigenvalue weighted by Gasteiger charge is -2.32. The average Bonchev–Trinajstić information content (AvgIpc) is 2.68. The largest absolute Gasteiger partial charge is 0.372 e. The van der Waals surface area contributed by atoms with Gasteiger partial charge in [0.05, 0.1) is 26.2 Å². The smallest absolute Gasteiger partial charge is 0.263 e. The lowest BCUT2D eigenvalue weighted by molar-refractivity contribution is -0.895. The van der Waals surface area contributed by atoms with Gasteiger partial charge in [0.15, 0.2) is 5.60 Å². The molecule has 0 aliphatic carbocycles. The van der Waals surface area contributed by atoms with E-state index in [9.17, 15) is 9.90 Å². The number of nitrogens with one attached hydrogen (secondary N) is 1. The Kier molecular flexibility index (Phi) is 6.73. The van der Waals surface area contributed by atoms with Crippen molar-refractivity contribution in [2.75, 3.05) is 33.2 Å². The van der Waals surface area contributed by atoms with Gasteiger partial charge in [-0.1, -0.05) is 60.7 Å². The molecule has 134 valence electrons. The van der Waals surface area contributed by atoms with Crippen molar-refractivity contribution in [1.82, 2.24) is 4.90 Å². The van der Waals surface area contributed by atoms with Crippen LogP contribution in [0, 0.1) is 0 Å². The lowest BCUT2D eigenvalue weighted by Crippen LogP contribution is -3.12. The third-order valence-corrected chi connectivity index (χ3v) is 4.84. The Morgan fingerprint density at radius 3 is 1.80 bits per heavy atom. The summed E-state index contributed by atoms with van der Waals surface area (Å²) in [5.74, 6) is -0.295. The predicted molar refractivity (Wildman–Crippen MR) is 100 cm³/mol. The minimum Gasteiger partial charge on any atom is -0.372 e. The molecule has 25 heavy (non-hydrogen) atoms. The molecule has 2 rings (SSSR count). The summed E-state index contributed by atoms with van der Waals surface area (Å²) < 4.78 is 0. The van der Waals surface area contributed by atoms with E-state index >= 15 is 0 Å². The second-order valence-electron chi connectivity index (χ2n) is 6.38. The molecule has 2 N–H and O–H groups in total. The summed E-state index contributed by atoms with van der Waals surface area (Å²) in [5.41, 5.74) is -0.489. The molecule has 0 bridgehead atoms. The van der Waals surface area contributed by atoms with Gasteiger partial charge in [0.2, 0.25) is 0 Å². The minimum absolute atomic E-state index is 0.295. The number of hydrogen-bond acceptors (Lipinski definition) is 2. The van der Waals surface area contributed by atoms with Crippen molar-refractivity contribution in [3.8, 4) is 0 Å². The molecule has 0 saturated carbocycles. The highest BCUT2D eigenvalue weighted by Crippen LogP contribution is 2.31. The Labute approximate surface area is 150 Å². The number of quaternary nitrogens is 1. The highest BCUT2D eigenvalue weighted by atomic mass is 16.3. The van der Waals surface area contributed by atoms with Crippen LogP contribution in [-0.4, -0.2) is 49.1 Å². The van der Waals surface area contributed by atoms with Gasteiger partial charge in [0.25, 0.3) is 5.91 Å². The summed E-state index contributed by atoms with van der Waals surface area (Å²) in [6.45, 7) is 7.82. The van der Waals surface area contributed by atoms with Crippen LogP contribution in [0.4, 0.5) is 0 Å². The maximum Gasteiger partial charge on any atom is 0.263 e. The molecule has 0 fully saturated rings. The zero-order valence-corrected chi connectivity index (χ0v) is 15.4. The standard InChI is InChI=1S/C21H28N2O2/c1-4-23(5-2)17-16-22(3)20(24)21(25,18-12-8-6-9-13-18)19-14-10-7-11-15-19/h6-15,25H,4-5,16-17H2,1-3H3/p+1. The molecule has 0 aromatic heterocycles. The van der Waals surface area contributed by atoms with E-state index in [1.54, 1.807) is 36.2 Å². The van der Waals surface area contributed by atoms with Crippen molar-refractivity contribution in [2.24, 2.45) is 0 Å². The Morgan fingerprint density at radius 1 is 0.960 bits per heavy atom. The van der Waals surface area contributed by atoms with E-state index in [0.717, 1.165) is 19.6 Å². The number of carbonyl (C=O) groups is 1. The van der Waals surface area contributed by atoms with Gasteiger partial charge in [0.1, 0.15) is 0 Å². The summed E-state index contributed by atoms with van der Waals surface area (Å²) in [6, 6.07) is 18.3. The second-order valence-corrected chi connectivity index (χ2v) is 6.38. The van der Waals surface area contributed by atoms with Gasteiger partial charge < -0.3 is 14.9 Å². The van der Waals surface area contributed by atoms with E-state index in [2.05, 4.69) is 13.8 Å². The van der Waals surface area contributed by atoms with Gasteiger partial charge in [0, 0.05) is 7.05 Å². The van der Waals surface area contributed by atoms with Gasteiger partial charge in [-0.25, -0.2) is 0 Å². The minimum atomic E-state index is -1.67. The van der Waals surface area contributed by atoms with Crippen molar-refractivity contribution in [3.63, 3.8) is 0 Å². The van der Waals surface area contributed by atoms with Gasteiger partial charge >= 0.3 is 0 Å². The number of benzene rings is 2. The summed E-state index contributed by atoms with van der Waals surface area (Å²) in [4.78, 5) is 16.3. The van der Waals surface area contributed by atoms with E-state index in [0.29, 0.717) is 17.7 Å². The van der Waals surface area contributed by atoms with Crippen LogP contribution in [0.5, 0.6) is 0 Å². The molecule has 0 atom stereocenters. The highest BCUT2D eigenvalue weighted by molar-refractivity contribution is 5.90. The fourth-order valence-corrected chi connectivity index (χ4v) is 3.08. The SMILES string of the molecule is CC[NH+](CC)CCN(C)C(=O)C(O)(c1ccccc1)c1ccccc1. The van der Waals surface area contributed by atoms with Crippen molar-refractivity contribution in [1.29, 1.82) is 0 Å². The molecule has 2 aromatic carbocycles. The van der Waals surface area contributed by atoms with Gasteiger partial charge in [-0.15, -0.1) is 0 Å². The molecule has 0 unspecified atom stereocenters. The van der Waals surface area contributed by atoms with Crippen LogP contribution in [0.1, 0.15) is 25.0 Å². The maximum absolute atomic E-state index is 13.2. The molecule has 2 aromatic rings. The zero-order valence-electron chi connectivity index (χ0n) is 15.4. The molecule has 4 nitrogen and oxygen atoms in total. The average molecular weight is 341 g/mol. The van der Waals surface area contributed by atoms with Crippen LogP contribution in [0.25, 0.3) is 0 Å². The number of amides is 1. The van der Waals surface area contributed by atoms with Crippen LogP contribution in [-0.2, 0) is 10.4 Å². The molecule has 0 aliphatic rings. The number of aliphatic hydroxyl groups is 1. The maximum atomic E-state index is 13.2. The summed E-state index contributed by atoms with van der Waals surface area (Å²) in [6.07, 6.45) is 0. The molecule has 0 saturated heterocycles. The molecule has 0 aliphatic heterocycles. The number of carbonyl (C=O) groups excluding carboxylic acids is 1. The molecular weight excluding hydrogens is 312 g/mol. The molecule has 0 radical (unpaired) electrons. The van der Waals surface area contributed by atoms with Crippen LogP contribution >= 0.6 is 0 Å². The fraction of sp³-hybridized carbons (Fsp3) is 0.381. The Morgan fingerprint density at radius 2 is 1.40 bits per heavy atom. The fourth-order valence-electron chi connectivity index (χ4n) is 3.08. The highest BCUT2D eigenvalue weighted by Gasteiger charge is 2.41. The first-order valence-corrected chi connectivity index (χ1v) is 8.96. The van der Waals surface area contributed by atoms with Gasteiger partial charge in [-0.05, 0) is 25.0 Å². The first-order valence-electron chi connectivity index (χ1n) is 8.96. The Balaban J connectivity index is 2.31. The number of likely N-dealkylation sites (N-methyl/N-ethyl adjacent to an activating group) is 2. The summed E-state index contributed by atoms with van der Waals surface area (Å²) >= 11 is 0. The van der Waals surface area contributed by atoms with E-state index in [-0.39, 0.29) is 5.91 Å². The third-order valence-electron chi connectivity index (χ3n) is 4.84. The molecule has 0 heterocycles. The predicted octanol–water partition coefficient (Wildman–Crippen LogP) is 1.31. The summed E-state index contributed by atoms with van der Waals surface area (Å²) in [7, 11) is 1.77. The first-order chi connectivity index (χ1) is 12.0. The van der Waals surface area contributed by atoms with Crippen molar-refractivity contribution in [3.05, 3.63) is 71.8 Å². The number of nitrogens with zero attached hydrogens (tertiary/aromatic N) is 1. The lowest BCUT2D eigenvalue weighted by atomic mass is 9.85. The summed E-state index contributed by atoms with van der Waals surface area (Å²) in [5, 5.41) is 11.5.